The molecule has 0 aliphatic heterocycles. The lowest BCUT2D eigenvalue weighted by Gasteiger charge is -2.09. The quantitative estimate of drug-likeness (QED) is 0.576. The summed E-state index contributed by atoms with van der Waals surface area (Å²) in [6, 6.07) is 8.44. The zero-order chi connectivity index (χ0) is 16.5. The lowest BCUT2D eigenvalue weighted by Crippen LogP contribution is -1.99. The van der Waals surface area contributed by atoms with Crippen molar-refractivity contribution < 1.29 is 10.2 Å². The molecule has 24 heavy (non-hydrogen) atoms. The maximum absolute atomic E-state index is 9.94. The van der Waals surface area contributed by atoms with Crippen LogP contribution in [0.25, 0.3) is 33.8 Å². The van der Waals surface area contributed by atoms with Gasteiger partial charge in [0.2, 0.25) is 5.88 Å². The normalized spacial score (nSPS) is 10.8. The summed E-state index contributed by atoms with van der Waals surface area (Å²) in [6.45, 7) is 0. The Labute approximate surface area is 135 Å². The Morgan fingerprint density at radius 3 is 2.46 bits per heavy atom. The fraction of sp³-hybridized carbons (Fsp3) is 0. The number of pyridine rings is 2. The monoisotopic (exact) mass is 318 g/mol. The van der Waals surface area contributed by atoms with Gasteiger partial charge in [0.15, 0.2) is 11.2 Å². The molecule has 0 spiro atoms. The highest BCUT2D eigenvalue weighted by molar-refractivity contribution is 5.85. The van der Waals surface area contributed by atoms with Gasteiger partial charge < -0.3 is 10.2 Å². The fourth-order valence-corrected chi connectivity index (χ4v) is 2.31. The molecule has 116 valence electrons. The van der Waals surface area contributed by atoms with Gasteiger partial charge in [0.1, 0.15) is 11.4 Å². The molecule has 4 aromatic heterocycles. The van der Waals surface area contributed by atoms with Crippen LogP contribution >= 0.6 is 0 Å². The topological polar surface area (TPSA) is 118 Å². The third-order valence-electron chi connectivity index (χ3n) is 3.34. The summed E-state index contributed by atoms with van der Waals surface area (Å²) in [4.78, 5) is 24.6. The number of hydrogen-bond acceptors (Lipinski definition) is 8. The standard InChI is InChI=1S/C16H10N6O2/c23-15-13-14(21-16(24)22-15)20-11(9-4-3-6-17-8-9)12(19-13)10-5-1-2-7-18-10/h1-8H,(H2,20,21,22,23,24). The van der Waals surface area contributed by atoms with Crippen molar-refractivity contribution in [3.05, 3.63) is 48.9 Å². The average molecular weight is 318 g/mol. The van der Waals surface area contributed by atoms with E-state index in [0.29, 0.717) is 22.6 Å². The lowest BCUT2D eigenvalue weighted by atomic mass is 10.1. The van der Waals surface area contributed by atoms with Gasteiger partial charge in [0, 0.05) is 24.2 Å². The molecule has 4 rings (SSSR count). The molecule has 8 heteroatoms. The van der Waals surface area contributed by atoms with E-state index in [1.54, 1.807) is 36.8 Å². The SMILES string of the molecule is Oc1nc(O)c2nc(-c3ccccn3)c(-c3cccnc3)nc2n1. The summed E-state index contributed by atoms with van der Waals surface area (Å²) in [5.41, 5.74) is 2.41. The molecular formula is C16H10N6O2. The van der Waals surface area contributed by atoms with Gasteiger partial charge in [-0.25, -0.2) is 9.97 Å². The van der Waals surface area contributed by atoms with E-state index in [1.807, 2.05) is 12.1 Å². The molecule has 0 aliphatic rings. The molecule has 4 heterocycles. The van der Waals surface area contributed by atoms with Crippen LogP contribution in [-0.2, 0) is 0 Å². The van der Waals surface area contributed by atoms with Gasteiger partial charge in [-0.05, 0) is 24.3 Å². The molecule has 0 saturated heterocycles. The lowest BCUT2D eigenvalue weighted by molar-refractivity contribution is 0.402. The Morgan fingerprint density at radius 1 is 0.792 bits per heavy atom. The van der Waals surface area contributed by atoms with Crippen LogP contribution < -0.4 is 0 Å². The van der Waals surface area contributed by atoms with Crippen LogP contribution in [0.5, 0.6) is 11.9 Å². The molecule has 0 saturated carbocycles. The van der Waals surface area contributed by atoms with Crippen molar-refractivity contribution in [1.82, 2.24) is 29.9 Å². The summed E-state index contributed by atoms with van der Waals surface area (Å²) in [6.07, 6.45) is 4.93. The first-order valence-electron chi connectivity index (χ1n) is 7.02. The predicted octanol–water partition coefficient (Wildman–Crippen LogP) is 1.95. The smallest absolute Gasteiger partial charge is 0.319 e. The minimum atomic E-state index is -0.572. The number of aromatic nitrogens is 6. The number of fused-ring (bicyclic) bond motifs is 1. The third kappa shape index (κ3) is 2.35. The Hall–Kier alpha value is -3.68. The summed E-state index contributed by atoms with van der Waals surface area (Å²) in [5, 5.41) is 19.4. The van der Waals surface area contributed by atoms with E-state index < -0.39 is 11.9 Å². The largest absolute Gasteiger partial charge is 0.492 e. The van der Waals surface area contributed by atoms with Crippen LogP contribution in [-0.4, -0.2) is 40.1 Å². The molecule has 0 aliphatic carbocycles. The van der Waals surface area contributed by atoms with E-state index in [9.17, 15) is 10.2 Å². The summed E-state index contributed by atoms with van der Waals surface area (Å²) >= 11 is 0. The molecule has 0 radical (unpaired) electrons. The second kappa shape index (κ2) is 5.51. The van der Waals surface area contributed by atoms with Gasteiger partial charge in [-0.2, -0.15) is 9.97 Å². The summed E-state index contributed by atoms with van der Waals surface area (Å²) in [5.74, 6) is -0.445. The average Bonchev–Trinajstić information content (AvgIpc) is 2.62. The van der Waals surface area contributed by atoms with E-state index in [1.165, 1.54) is 0 Å². The van der Waals surface area contributed by atoms with Crippen molar-refractivity contribution >= 4 is 11.2 Å². The Balaban J connectivity index is 2.08. The first kappa shape index (κ1) is 13.9. The highest BCUT2D eigenvalue weighted by Crippen LogP contribution is 2.31. The maximum atomic E-state index is 9.94. The number of rotatable bonds is 2. The van der Waals surface area contributed by atoms with Gasteiger partial charge in [0.25, 0.3) is 0 Å². The molecule has 0 bridgehead atoms. The van der Waals surface area contributed by atoms with Crippen molar-refractivity contribution in [3.63, 3.8) is 0 Å². The highest BCUT2D eigenvalue weighted by atomic mass is 16.3. The van der Waals surface area contributed by atoms with Crippen LogP contribution in [0.15, 0.2) is 48.9 Å². The Morgan fingerprint density at radius 2 is 1.71 bits per heavy atom. The molecule has 8 nitrogen and oxygen atoms in total. The van der Waals surface area contributed by atoms with E-state index >= 15 is 0 Å². The van der Waals surface area contributed by atoms with Crippen molar-refractivity contribution in [2.24, 2.45) is 0 Å². The Kier molecular flexibility index (Phi) is 3.20. The molecule has 0 unspecified atom stereocenters. The van der Waals surface area contributed by atoms with Crippen molar-refractivity contribution in [2.45, 2.75) is 0 Å². The first-order chi connectivity index (χ1) is 11.7. The van der Waals surface area contributed by atoms with E-state index in [-0.39, 0.29) is 11.2 Å². The van der Waals surface area contributed by atoms with Crippen LogP contribution in [0.2, 0.25) is 0 Å². The van der Waals surface area contributed by atoms with Crippen LogP contribution in [0.4, 0.5) is 0 Å². The van der Waals surface area contributed by atoms with Crippen molar-refractivity contribution in [1.29, 1.82) is 0 Å². The van der Waals surface area contributed by atoms with Gasteiger partial charge in [0.05, 0.1) is 5.69 Å². The minimum absolute atomic E-state index is 0.0820. The van der Waals surface area contributed by atoms with E-state index in [2.05, 4.69) is 29.9 Å². The van der Waals surface area contributed by atoms with Gasteiger partial charge in [-0.15, -0.1) is 0 Å². The van der Waals surface area contributed by atoms with Crippen LogP contribution in [0.3, 0.4) is 0 Å². The molecule has 0 aromatic carbocycles. The number of aromatic hydroxyl groups is 2. The molecule has 2 N–H and O–H groups in total. The molecule has 0 atom stereocenters. The van der Waals surface area contributed by atoms with Crippen LogP contribution in [0.1, 0.15) is 0 Å². The fourth-order valence-electron chi connectivity index (χ4n) is 2.31. The van der Waals surface area contributed by atoms with E-state index in [4.69, 9.17) is 0 Å². The number of hydrogen-bond donors (Lipinski definition) is 2. The zero-order valence-electron chi connectivity index (χ0n) is 12.2. The van der Waals surface area contributed by atoms with Crippen LogP contribution in [0, 0.1) is 0 Å². The van der Waals surface area contributed by atoms with Gasteiger partial charge >= 0.3 is 6.01 Å². The third-order valence-corrected chi connectivity index (χ3v) is 3.34. The van der Waals surface area contributed by atoms with E-state index in [0.717, 1.165) is 0 Å². The first-order valence-corrected chi connectivity index (χ1v) is 7.02. The second-order valence-electron chi connectivity index (χ2n) is 4.90. The maximum Gasteiger partial charge on any atom is 0.319 e. The van der Waals surface area contributed by atoms with Gasteiger partial charge in [-0.3, -0.25) is 9.97 Å². The highest BCUT2D eigenvalue weighted by Gasteiger charge is 2.18. The minimum Gasteiger partial charge on any atom is -0.492 e. The predicted molar refractivity (Wildman–Crippen MR) is 84.9 cm³/mol. The summed E-state index contributed by atoms with van der Waals surface area (Å²) < 4.78 is 0. The van der Waals surface area contributed by atoms with Gasteiger partial charge in [-0.1, -0.05) is 6.07 Å². The molecule has 0 amide bonds. The van der Waals surface area contributed by atoms with Crippen molar-refractivity contribution in [2.75, 3.05) is 0 Å². The number of nitrogens with zero attached hydrogens (tertiary/aromatic N) is 6. The Bertz CT molecular complexity index is 1020. The molecule has 0 fully saturated rings. The second-order valence-corrected chi connectivity index (χ2v) is 4.90. The summed E-state index contributed by atoms with van der Waals surface area (Å²) in [7, 11) is 0. The van der Waals surface area contributed by atoms with Crippen molar-refractivity contribution in [3.8, 4) is 34.5 Å². The zero-order valence-corrected chi connectivity index (χ0v) is 12.2. The molecular weight excluding hydrogens is 308 g/mol. The molecule has 4 aromatic rings.